The van der Waals surface area contributed by atoms with Crippen LogP contribution in [0, 0.1) is 13.8 Å². The Morgan fingerprint density at radius 2 is 1.71 bits per heavy atom. The SMILES string of the molecule is COc1cc(C(=O)OCCCCN2C(=O)c3ccccc3C2=O)ccc1OCc1c(C)noc1C. The summed E-state index contributed by atoms with van der Waals surface area (Å²) in [7, 11) is 1.49. The van der Waals surface area contributed by atoms with Crippen LogP contribution < -0.4 is 9.47 Å². The van der Waals surface area contributed by atoms with Crippen molar-refractivity contribution in [3.05, 3.63) is 76.2 Å². The molecule has 2 heterocycles. The summed E-state index contributed by atoms with van der Waals surface area (Å²) < 4.78 is 21.7. The van der Waals surface area contributed by atoms with Crippen molar-refractivity contribution < 1.29 is 33.1 Å². The summed E-state index contributed by atoms with van der Waals surface area (Å²) in [4.78, 5) is 38.5. The van der Waals surface area contributed by atoms with Crippen LogP contribution in [0.3, 0.4) is 0 Å². The van der Waals surface area contributed by atoms with E-state index in [9.17, 15) is 14.4 Å². The van der Waals surface area contributed by atoms with Gasteiger partial charge >= 0.3 is 5.97 Å². The first kappa shape index (κ1) is 24.0. The zero-order chi connectivity index (χ0) is 24.9. The molecule has 9 heteroatoms. The van der Waals surface area contributed by atoms with Gasteiger partial charge in [0.2, 0.25) is 0 Å². The van der Waals surface area contributed by atoms with E-state index < -0.39 is 5.97 Å². The molecule has 0 fully saturated rings. The van der Waals surface area contributed by atoms with Crippen molar-refractivity contribution in [3.63, 3.8) is 0 Å². The number of esters is 1. The maximum Gasteiger partial charge on any atom is 0.338 e. The molecule has 0 radical (unpaired) electrons. The zero-order valence-electron chi connectivity index (χ0n) is 19.8. The van der Waals surface area contributed by atoms with Gasteiger partial charge in [-0.15, -0.1) is 0 Å². The number of amides is 2. The van der Waals surface area contributed by atoms with Crippen LogP contribution in [0.2, 0.25) is 0 Å². The molecule has 2 aromatic carbocycles. The summed E-state index contributed by atoms with van der Waals surface area (Å²) in [6.07, 6.45) is 1.03. The monoisotopic (exact) mass is 478 g/mol. The molecule has 0 aliphatic carbocycles. The molecule has 0 N–H and O–H groups in total. The Kier molecular flexibility index (Phi) is 7.14. The Balaban J connectivity index is 1.25. The van der Waals surface area contributed by atoms with Gasteiger partial charge in [-0.25, -0.2) is 4.79 Å². The zero-order valence-corrected chi connectivity index (χ0v) is 19.8. The fourth-order valence-electron chi connectivity index (χ4n) is 3.83. The second-order valence-corrected chi connectivity index (χ2v) is 8.11. The average Bonchev–Trinajstić information content (AvgIpc) is 3.32. The summed E-state index contributed by atoms with van der Waals surface area (Å²) in [5.74, 6) is 0.491. The number of aromatic nitrogens is 1. The lowest BCUT2D eigenvalue weighted by molar-refractivity contribution is 0.0485. The summed E-state index contributed by atoms with van der Waals surface area (Å²) in [5, 5.41) is 3.91. The van der Waals surface area contributed by atoms with E-state index in [1.165, 1.54) is 12.0 Å². The lowest BCUT2D eigenvalue weighted by atomic mass is 10.1. The minimum absolute atomic E-state index is 0.161. The Morgan fingerprint density at radius 3 is 2.34 bits per heavy atom. The van der Waals surface area contributed by atoms with Crippen LogP contribution in [0.5, 0.6) is 11.5 Å². The van der Waals surface area contributed by atoms with Gasteiger partial charge in [0.25, 0.3) is 11.8 Å². The molecule has 0 atom stereocenters. The van der Waals surface area contributed by atoms with Crippen molar-refractivity contribution in [1.82, 2.24) is 10.1 Å². The normalized spacial score (nSPS) is 12.6. The number of unbranched alkanes of at least 4 members (excludes halogenated alkanes) is 1. The number of ether oxygens (including phenoxy) is 3. The molecule has 0 bridgehead atoms. The maximum atomic E-state index is 12.5. The first-order valence-corrected chi connectivity index (χ1v) is 11.3. The smallest absolute Gasteiger partial charge is 0.338 e. The molecule has 1 aliphatic rings. The third kappa shape index (κ3) is 5.03. The average molecular weight is 479 g/mol. The summed E-state index contributed by atoms with van der Waals surface area (Å²) in [6.45, 7) is 4.35. The molecule has 182 valence electrons. The van der Waals surface area contributed by atoms with Crippen LogP contribution in [0.4, 0.5) is 0 Å². The number of hydrogen-bond donors (Lipinski definition) is 0. The van der Waals surface area contributed by atoms with E-state index in [1.807, 2.05) is 13.8 Å². The van der Waals surface area contributed by atoms with Crippen LogP contribution in [0.1, 0.15) is 60.9 Å². The van der Waals surface area contributed by atoms with Crippen molar-refractivity contribution in [1.29, 1.82) is 0 Å². The standard InChI is InChI=1S/C26H26N2O7/c1-16-21(17(2)35-27-16)15-34-22-11-10-18(14-23(22)32-3)26(31)33-13-7-6-12-28-24(29)19-8-4-5-9-20(19)25(28)30/h4-5,8-11,14H,6-7,12-13,15H2,1-3H3. The molecule has 1 aliphatic heterocycles. The number of rotatable bonds is 10. The summed E-state index contributed by atoms with van der Waals surface area (Å²) in [6, 6.07) is 11.6. The van der Waals surface area contributed by atoms with Crippen LogP contribution in [-0.4, -0.2) is 48.1 Å². The van der Waals surface area contributed by atoms with Gasteiger partial charge in [0, 0.05) is 6.54 Å². The fourth-order valence-corrected chi connectivity index (χ4v) is 3.83. The number of nitrogens with zero attached hydrogens (tertiary/aromatic N) is 2. The highest BCUT2D eigenvalue weighted by Gasteiger charge is 2.34. The molecule has 9 nitrogen and oxygen atoms in total. The Morgan fingerprint density at radius 1 is 1.00 bits per heavy atom. The number of carbonyl (C=O) groups excluding carboxylic acids is 3. The van der Waals surface area contributed by atoms with Crippen molar-refractivity contribution in [2.45, 2.75) is 33.3 Å². The van der Waals surface area contributed by atoms with Gasteiger partial charge in [0.15, 0.2) is 11.5 Å². The van der Waals surface area contributed by atoms with Crippen LogP contribution >= 0.6 is 0 Å². The minimum atomic E-state index is -0.499. The number of carbonyl (C=O) groups is 3. The second-order valence-electron chi connectivity index (χ2n) is 8.11. The summed E-state index contributed by atoms with van der Waals surface area (Å²) in [5.41, 5.74) is 2.79. The third-order valence-electron chi connectivity index (χ3n) is 5.84. The predicted molar refractivity (Wildman–Crippen MR) is 125 cm³/mol. The van der Waals surface area contributed by atoms with Gasteiger partial charge in [-0.2, -0.15) is 0 Å². The lowest BCUT2D eigenvalue weighted by Gasteiger charge is -2.14. The Bertz CT molecular complexity index is 1210. The molecular formula is C26H26N2O7. The van der Waals surface area contributed by atoms with Gasteiger partial charge < -0.3 is 18.7 Å². The highest BCUT2D eigenvalue weighted by atomic mass is 16.5. The fraction of sp³-hybridized carbons (Fsp3) is 0.308. The van der Waals surface area contributed by atoms with Crippen molar-refractivity contribution in [2.75, 3.05) is 20.3 Å². The molecule has 2 amide bonds. The molecule has 0 unspecified atom stereocenters. The molecule has 0 spiro atoms. The van der Waals surface area contributed by atoms with Gasteiger partial charge in [-0.3, -0.25) is 14.5 Å². The highest BCUT2D eigenvalue weighted by molar-refractivity contribution is 6.21. The maximum absolute atomic E-state index is 12.5. The number of benzene rings is 2. The molecule has 35 heavy (non-hydrogen) atoms. The quantitative estimate of drug-likeness (QED) is 0.243. The Labute approximate surface area is 202 Å². The lowest BCUT2D eigenvalue weighted by Crippen LogP contribution is -2.30. The minimum Gasteiger partial charge on any atom is -0.493 e. The number of aryl methyl sites for hydroxylation is 2. The summed E-state index contributed by atoms with van der Waals surface area (Å²) >= 11 is 0. The van der Waals surface area contributed by atoms with E-state index >= 15 is 0 Å². The topological polar surface area (TPSA) is 108 Å². The molecule has 3 aromatic rings. The van der Waals surface area contributed by atoms with Crippen LogP contribution in [0.15, 0.2) is 47.0 Å². The van der Waals surface area contributed by atoms with E-state index in [0.717, 1.165) is 11.3 Å². The molecule has 0 saturated heterocycles. The number of hydrogen-bond acceptors (Lipinski definition) is 8. The van der Waals surface area contributed by atoms with Gasteiger partial charge in [0.1, 0.15) is 12.4 Å². The highest BCUT2D eigenvalue weighted by Crippen LogP contribution is 2.30. The largest absolute Gasteiger partial charge is 0.493 e. The van der Waals surface area contributed by atoms with Gasteiger partial charge in [-0.1, -0.05) is 17.3 Å². The van der Waals surface area contributed by atoms with Crippen molar-refractivity contribution in [3.8, 4) is 11.5 Å². The van der Waals surface area contributed by atoms with Gasteiger partial charge in [-0.05, 0) is 57.0 Å². The van der Waals surface area contributed by atoms with Crippen molar-refractivity contribution in [2.24, 2.45) is 0 Å². The van der Waals surface area contributed by atoms with E-state index in [1.54, 1.807) is 42.5 Å². The predicted octanol–water partition coefficient (Wildman–Crippen LogP) is 4.11. The molecule has 0 saturated carbocycles. The number of methoxy groups -OCH3 is 1. The van der Waals surface area contributed by atoms with Crippen LogP contribution in [-0.2, 0) is 11.3 Å². The second kappa shape index (κ2) is 10.4. The van der Waals surface area contributed by atoms with E-state index in [4.69, 9.17) is 18.7 Å². The molecule has 1 aromatic heterocycles. The van der Waals surface area contributed by atoms with Crippen LogP contribution in [0.25, 0.3) is 0 Å². The van der Waals surface area contributed by atoms with E-state index in [2.05, 4.69) is 5.16 Å². The molecule has 4 rings (SSSR count). The number of imide groups is 1. The van der Waals surface area contributed by atoms with Crippen molar-refractivity contribution >= 4 is 17.8 Å². The van der Waals surface area contributed by atoms with Gasteiger partial charge in [0.05, 0.1) is 41.7 Å². The number of fused-ring (bicyclic) bond motifs is 1. The molecular weight excluding hydrogens is 452 g/mol. The third-order valence-corrected chi connectivity index (χ3v) is 5.84. The first-order valence-electron chi connectivity index (χ1n) is 11.3. The Hall–Kier alpha value is -4.14. The van der Waals surface area contributed by atoms with E-state index in [0.29, 0.717) is 46.8 Å². The first-order chi connectivity index (χ1) is 16.9. The van der Waals surface area contributed by atoms with E-state index in [-0.39, 0.29) is 31.6 Å².